The van der Waals surface area contributed by atoms with E-state index in [4.69, 9.17) is 14.2 Å². The lowest BCUT2D eigenvalue weighted by Gasteiger charge is -2.40. The molecule has 0 unspecified atom stereocenters. The van der Waals surface area contributed by atoms with Gasteiger partial charge in [0.1, 0.15) is 12.4 Å². The number of sulfonamides is 1. The van der Waals surface area contributed by atoms with Gasteiger partial charge in [0.05, 0.1) is 42.4 Å². The number of benzene rings is 3. The van der Waals surface area contributed by atoms with Gasteiger partial charge < -0.3 is 24.4 Å². The van der Waals surface area contributed by atoms with E-state index in [0.29, 0.717) is 31.8 Å². The number of nitriles is 1. The van der Waals surface area contributed by atoms with Crippen LogP contribution in [0.3, 0.4) is 0 Å². The van der Waals surface area contributed by atoms with Crippen molar-refractivity contribution in [2.75, 3.05) is 26.3 Å². The molecular formula is C37H45N3O8S. The summed E-state index contributed by atoms with van der Waals surface area (Å²) in [4.78, 5) is 14.2. The number of hydrogen-bond donors (Lipinski definition) is 2. The van der Waals surface area contributed by atoms with Gasteiger partial charge in [-0.25, -0.2) is 13.2 Å². The molecular weight excluding hydrogens is 646 g/mol. The van der Waals surface area contributed by atoms with Crippen LogP contribution in [0.4, 0.5) is 4.79 Å². The van der Waals surface area contributed by atoms with Gasteiger partial charge in [-0.05, 0) is 60.1 Å². The van der Waals surface area contributed by atoms with Crippen molar-refractivity contribution in [3.8, 4) is 11.8 Å². The third-order valence-corrected chi connectivity index (χ3v) is 11.1. The van der Waals surface area contributed by atoms with Gasteiger partial charge in [0, 0.05) is 25.4 Å². The molecule has 1 amide bonds. The van der Waals surface area contributed by atoms with Crippen LogP contribution in [-0.4, -0.2) is 84.7 Å². The number of nitrogens with zero attached hydrogens (tertiary/aromatic N) is 3. The minimum atomic E-state index is -4.20. The summed E-state index contributed by atoms with van der Waals surface area (Å²) in [6.45, 7) is 4.26. The Kier molecular flexibility index (Phi) is 12.0. The Morgan fingerprint density at radius 2 is 1.67 bits per heavy atom. The summed E-state index contributed by atoms with van der Waals surface area (Å²) in [7, 11) is -4.20. The van der Waals surface area contributed by atoms with Crippen molar-refractivity contribution >= 4 is 16.1 Å². The summed E-state index contributed by atoms with van der Waals surface area (Å²) in [5.41, 5.74) is 1.14. The maximum atomic E-state index is 14.3. The molecule has 49 heavy (non-hydrogen) atoms. The molecule has 0 spiro atoms. The van der Waals surface area contributed by atoms with Crippen molar-refractivity contribution in [3.63, 3.8) is 0 Å². The Balaban J connectivity index is 1.44. The fourth-order valence-corrected chi connectivity index (χ4v) is 8.31. The largest absolute Gasteiger partial charge is 0.489 e. The molecule has 3 aromatic rings. The van der Waals surface area contributed by atoms with E-state index in [1.807, 2.05) is 74.5 Å². The predicted molar refractivity (Wildman–Crippen MR) is 182 cm³/mol. The molecule has 2 aliphatic heterocycles. The fraction of sp³-hybridized carbons (Fsp3) is 0.459. The van der Waals surface area contributed by atoms with Crippen LogP contribution in [0.5, 0.6) is 5.75 Å². The van der Waals surface area contributed by atoms with E-state index < -0.39 is 46.0 Å². The van der Waals surface area contributed by atoms with Crippen LogP contribution >= 0.6 is 0 Å². The highest BCUT2D eigenvalue weighted by Crippen LogP contribution is 2.36. The molecule has 2 aliphatic rings. The van der Waals surface area contributed by atoms with Gasteiger partial charge in [-0.15, -0.1) is 0 Å². The third kappa shape index (κ3) is 9.17. The summed E-state index contributed by atoms with van der Waals surface area (Å²) in [5, 5.41) is 31.9. The van der Waals surface area contributed by atoms with Crippen molar-refractivity contribution in [2.45, 2.75) is 75.5 Å². The van der Waals surface area contributed by atoms with Crippen molar-refractivity contribution in [2.24, 2.45) is 11.3 Å². The first kappa shape index (κ1) is 36.3. The molecule has 2 saturated heterocycles. The molecule has 2 N–H and O–H groups in total. The molecule has 2 heterocycles. The monoisotopic (exact) mass is 691 g/mol. The molecule has 0 aliphatic carbocycles. The van der Waals surface area contributed by atoms with Crippen LogP contribution in [0.15, 0.2) is 89.8 Å². The van der Waals surface area contributed by atoms with Gasteiger partial charge >= 0.3 is 6.09 Å². The molecule has 2 fully saturated rings. The van der Waals surface area contributed by atoms with E-state index in [1.165, 1.54) is 21.3 Å². The molecule has 11 nitrogen and oxygen atoms in total. The van der Waals surface area contributed by atoms with E-state index in [1.54, 1.807) is 12.1 Å². The quantitative estimate of drug-likeness (QED) is 0.204. The first-order valence-electron chi connectivity index (χ1n) is 16.6. The molecule has 12 heteroatoms. The molecule has 0 radical (unpaired) electrons. The van der Waals surface area contributed by atoms with Crippen LogP contribution in [0.25, 0.3) is 0 Å². The Labute approximate surface area is 288 Å². The Bertz CT molecular complexity index is 1670. The van der Waals surface area contributed by atoms with E-state index in [0.717, 1.165) is 11.1 Å². The Morgan fingerprint density at radius 1 is 1.02 bits per heavy atom. The molecule has 0 saturated carbocycles. The van der Waals surface area contributed by atoms with Crippen molar-refractivity contribution < 1.29 is 37.6 Å². The Hall–Kier alpha value is -3.99. The van der Waals surface area contributed by atoms with Gasteiger partial charge in [-0.3, -0.25) is 4.90 Å². The first-order chi connectivity index (χ1) is 23.5. The smallest absolute Gasteiger partial charge is 0.407 e. The maximum Gasteiger partial charge on any atom is 0.407 e. The molecule has 5 rings (SSSR count). The van der Waals surface area contributed by atoms with Crippen molar-refractivity contribution in [3.05, 3.63) is 96.1 Å². The van der Waals surface area contributed by atoms with Gasteiger partial charge in [0.2, 0.25) is 10.0 Å². The summed E-state index contributed by atoms with van der Waals surface area (Å²) in [5.74, 6) is 0.297. The SMILES string of the molecule is CC(C)(CCC#N)CN(C[C@@H](O)[C@H](Cc1ccccc1)N(C(=O)O)[C@H]1CO[C@H]2OCC[C@H]21)S(=O)(=O)c1ccc(OCc2ccccc2)cc1. The third-order valence-electron chi connectivity index (χ3n) is 9.29. The summed E-state index contributed by atoms with van der Waals surface area (Å²) in [6, 6.07) is 25.5. The lowest BCUT2D eigenvalue weighted by atomic mass is 9.87. The Morgan fingerprint density at radius 3 is 2.31 bits per heavy atom. The number of rotatable bonds is 16. The molecule has 0 bridgehead atoms. The first-order valence-corrected chi connectivity index (χ1v) is 18.0. The second-order valence-corrected chi connectivity index (χ2v) is 15.4. The predicted octanol–water partition coefficient (Wildman–Crippen LogP) is 5.30. The van der Waals surface area contributed by atoms with E-state index >= 15 is 0 Å². The van der Waals surface area contributed by atoms with Crippen molar-refractivity contribution in [1.29, 1.82) is 5.26 Å². The van der Waals surface area contributed by atoms with E-state index in [2.05, 4.69) is 6.07 Å². The minimum Gasteiger partial charge on any atom is -0.489 e. The van der Waals surface area contributed by atoms with Crippen LogP contribution in [-0.2, 0) is 32.5 Å². The molecule has 262 valence electrons. The number of aliphatic hydroxyl groups excluding tert-OH is 1. The average molecular weight is 692 g/mol. The summed E-state index contributed by atoms with van der Waals surface area (Å²) < 4.78 is 47.2. The number of fused-ring (bicyclic) bond motifs is 1. The van der Waals surface area contributed by atoms with Crippen LogP contribution in [0.2, 0.25) is 0 Å². The van der Waals surface area contributed by atoms with Crippen molar-refractivity contribution in [1.82, 2.24) is 9.21 Å². The zero-order valence-corrected chi connectivity index (χ0v) is 28.7. The lowest BCUT2D eigenvalue weighted by molar-refractivity contribution is -0.0906. The topological polar surface area (TPSA) is 150 Å². The van der Waals surface area contributed by atoms with Crippen LogP contribution in [0.1, 0.15) is 44.2 Å². The number of amides is 1. The average Bonchev–Trinajstić information content (AvgIpc) is 3.72. The second kappa shape index (κ2) is 16.1. The number of carboxylic acid groups (broad SMARTS) is 1. The second-order valence-electron chi connectivity index (χ2n) is 13.5. The molecule has 3 aromatic carbocycles. The minimum absolute atomic E-state index is 0.00343. The zero-order chi connectivity index (χ0) is 35.0. The number of carbonyl (C=O) groups is 1. The van der Waals surface area contributed by atoms with Gasteiger partial charge in [0.15, 0.2) is 6.29 Å². The zero-order valence-electron chi connectivity index (χ0n) is 27.9. The van der Waals surface area contributed by atoms with Gasteiger partial charge in [-0.1, -0.05) is 74.5 Å². The number of ether oxygens (including phenoxy) is 3. The molecule has 5 atom stereocenters. The van der Waals surface area contributed by atoms with Crippen LogP contribution in [0, 0.1) is 22.7 Å². The summed E-state index contributed by atoms with van der Waals surface area (Å²) in [6.07, 6.45) is -1.72. The standard InChI is InChI=1S/C37H45N3O8S/c1-37(2,19-9-20-38)26-39(49(44,45)30-16-14-29(15-17-30)47-24-28-12-7-4-8-13-28)23-34(41)32(22-27-10-5-3-6-11-27)40(36(42)43)33-25-48-35-31(33)18-21-46-35/h3-8,10-17,31-35,41H,9,18-19,21-26H2,1-2H3,(H,42,43)/t31-,32-,33-,34+,35+/m0/s1. The highest BCUT2D eigenvalue weighted by molar-refractivity contribution is 7.89. The van der Waals surface area contributed by atoms with Gasteiger partial charge in [0.25, 0.3) is 0 Å². The van der Waals surface area contributed by atoms with E-state index in [-0.39, 0.29) is 43.4 Å². The number of aliphatic hydroxyl groups is 1. The number of hydrogen-bond acceptors (Lipinski definition) is 8. The van der Waals surface area contributed by atoms with Gasteiger partial charge in [-0.2, -0.15) is 9.57 Å². The highest BCUT2D eigenvalue weighted by atomic mass is 32.2. The fourth-order valence-electron chi connectivity index (χ4n) is 6.66. The molecule has 0 aromatic heterocycles. The lowest BCUT2D eigenvalue weighted by Crippen LogP contribution is -2.58. The normalized spacial score (nSPS) is 20.3. The maximum absolute atomic E-state index is 14.3. The van der Waals surface area contributed by atoms with E-state index in [9.17, 15) is 28.7 Å². The highest BCUT2D eigenvalue weighted by Gasteiger charge is 2.49. The summed E-state index contributed by atoms with van der Waals surface area (Å²) >= 11 is 0. The van der Waals surface area contributed by atoms with Crippen LogP contribution < -0.4 is 4.74 Å².